The van der Waals surface area contributed by atoms with Crippen LogP contribution in [0.1, 0.15) is 21.8 Å². The van der Waals surface area contributed by atoms with Crippen molar-refractivity contribution in [2.75, 3.05) is 0 Å². The lowest BCUT2D eigenvalue weighted by Crippen LogP contribution is -2.06. The van der Waals surface area contributed by atoms with Gasteiger partial charge in [0.2, 0.25) is 0 Å². The summed E-state index contributed by atoms with van der Waals surface area (Å²) in [5.41, 5.74) is 2.63. The SMILES string of the molecule is Cc1nn(CCc2cccs2)c(C)c1CC(=O)O. The van der Waals surface area contributed by atoms with Gasteiger partial charge in [-0.2, -0.15) is 5.10 Å². The number of rotatable bonds is 5. The summed E-state index contributed by atoms with van der Waals surface area (Å²) in [6, 6.07) is 4.14. The summed E-state index contributed by atoms with van der Waals surface area (Å²) in [5, 5.41) is 15.4. The number of hydrogen-bond donors (Lipinski definition) is 1. The monoisotopic (exact) mass is 264 g/mol. The van der Waals surface area contributed by atoms with Crippen LogP contribution in [0.4, 0.5) is 0 Å². The third-order valence-corrected chi connectivity index (χ3v) is 3.95. The van der Waals surface area contributed by atoms with Gasteiger partial charge >= 0.3 is 5.97 Å². The van der Waals surface area contributed by atoms with Crippen molar-refractivity contribution in [3.05, 3.63) is 39.3 Å². The number of carboxylic acid groups (broad SMARTS) is 1. The second-order valence-corrected chi connectivity index (χ2v) is 5.30. The second-order valence-electron chi connectivity index (χ2n) is 4.27. The minimum Gasteiger partial charge on any atom is -0.481 e. The van der Waals surface area contributed by atoms with Crippen LogP contribution in [0.3, 0.4) is 0 Å². The molecule has 0 unspecified atom stereocenters. The van der Waals surface area contributed by atoms with Gasteiger partial charge in [-0.3, -0.25) is 9.48 Å². The fourth-order valence-electron chi connectivity index (χ4n) is 2.03. The standard InChI is InChI=1S/C13H16N2O2S/c1-9-12(8-13(16)17)10(2)15(14-9)6-5-11-4-3-7-18-11/h3-4,7H,5-6,8H2,1-2H3,(H,16,17). The number of carboxylic acids is 1. The molecule has 96 valence electrons. The van der Waals surface area contributed by atoms with E-state index in [1.807, 2.05) is 24.6 Å². The Labute approximate surface area is 110 Å². The maximum absolute atomic E-state index is 10.8. The lowest BCUT2D eigenvalue weighted by molar-refractivity contribution is -0.136. The van der Waals surface area contributed by atoms with E-state index in [1.165, 1.54) is 4.88 Å². The highest BCUT2D eigenvalue weighted by molar-refractivity contribution is 7.09. The molecule has 0 fully saturated rings. The van der Waals surface area contributed by atoms with Crippen molar-refractivity contribution < 1.29 is 9.90 Å². The summed E-state index contributed by atoms with van der Waals surface area (Å²) in [4.78, 5) is 12.1. The Morgan fingerprint density at radius 2 is 2.28 bits per heavy atom. The first-order valence-corrected chi connectivity index (χ1v) is 6.73. The van der Waals surface area contributed by atoms with E-state index in [0.717, 1.165) is 29.9 Å². The van der Waals surface area contributed by atoms with E-state index in [9.17, 15) is 4.79 Å². The molecule has 2 rings (SSSR count). The van der Waals surface area contributed by atoms with Crippen LogP contribution in [0.25, 0.3) is 0 Å². The van der Waals surface area contributed by atoms with Gasteiger partial charge in [0.15, 0.2) is 0 Å². The Kier molecular flexibility index (Phi) is 3.81. The first-order chi connectivity index (χ1) is 8.58. The summed E-state index contributed by atoms with van der Waals surface area (Å²) in [5.74, 6) is -0.806. The first kappa shape index (κ1) is 12.8. The largest absolute Gasteiger partial charge is 0.481 e. The lowest BCUT2D eigenvalue weighted by Gasteiger charge is -2.03. The van der Waals surface area contributed by atoms with Gasteiger partial charge in [0, 0.05) is 29.1 Å². The van der Waals surface area contributed by atoms with Gasteiger partial charge in [0.05, 0.1) is 12.1 Å². The van der Waals surface area contributed by atoms with Gasteiger partial charge in [0.1, 0.15) is 0 Å². The molecular weight excluding hydrogens is 248 g/mol. The predicted octanol–water partition coefficient (Wildman–Crippen LogP) is 2.43. The molecular formula is C13H16N2O2S. The molecule has 1 N–H and O–H groups in total. The van der Waals surface area contributed by atoms with Crippen molar-refractivity contribution in [3.63, 3.8) is 0 Å². The molecule has 0 radical (unpaired) electrons. The topological polar surface area (TPSA) is 55.1 Å². The highest BCUT2D eigenvalue weighted by Gasteiger charge is 2.14. The summed E-state index contributed by atoms with van der Waals surface area (Å²) < 4.78 is 1.91. The number of thiophene rings is 1. The number of nitrogens with zero attached hydrogens (tertiary/aromatic N) is 2. The number of hydrogen-bond acceptors (Lipinski definition) is 3. The van der Waals surface area contributed by atoms with Gasteiger partial charge < -0.3 is 5.11 Å². The van der Waals surface area contributed by atoms with Gasteiger partial charge in [-0.1, -0.05) is 6.07 Å². The minimum atomic E-state index is -0.806. The molecule has 0 aliphatic heterocycles. The number of aliphatic carboxylic acids is 1. The third kappa shape index (κ3) is 2.79. The molecule has 2 aromatic rings. The highest BCUT2D eigenvalue weighted by atomic mass is 32.1. The van der Waals surface area contributed by atoms with Crippen molar-refractivity contribution in [1.82, 2.24) is 9.78 Å². The van der Waals surface area contributed by atoms with E-state index in [0.29, 0.717) is 0 Å². The van der Waals surface area contributed by atoms with E-state index >= 15 is 0 Å². The molecule has 0 aliphatic carbocycles. The normalized spacial score (nSPS) is 10.8. The Bertz CT molecular complexity index is 544. The average Bonchev–Trinajstić information content (AvgIpc) is 2.90. The van der Waals surface area contributed by atoms with E-state index < -0.39 is 5.97 Å². The van der Waals surface area contributed by atoms with Gasteiger partial charge in [-0.05, 0) is 25.3 Å². The van der Waals surface area contributed by atoms with E-state index in [1.54, 1.807) is 11.3 Å². The van der Waals surface area contributed by atoms with Crippen LogP contribution < -0.4 is 0 Å². The molecule has 0 saturated carbocycles. The molecule has 0 saturated heterocycles. The Hall–Kier alpha value is -1.62. The molecule has 5 heteroatoms. The Morgan fingerprint density at radius 1 is 1.50 bits per heavy atom. The molecule has 0 amide bonds. The second kappa shape index (κ2) is 5.35. The Morgan fingerprint density at radius 3 is 2.89 bits per heavy atom. The van der Waals surface area contributed by atoms with Gasteiger partial charge in [-0.25, -0.2) is 0 Å². The maximum Gasteiger partial charge on any atom is 0.307 e. The maximum atomic E-state index is 10.8. The molecule has 0 aliphatic rings. The minimum absolute atomic E-state index is 0.0523. The quantitative estimate of drug-likeness (QED) is 0.902. The zero-order valence-electron chi connectivity index (χ0n) is 10.5. The van der Waals surface area contributed by atoms with Gasteiger partial charge in [-0.15, -0.1) is 11.3 Å². The number of aromatic nitrogens is 2. The number of aryl methyl sites for hydroxylation is 3. The predicted molar refractivity (Wildman–Crippen MR) is 71.1 cm³/mol. The smallest absolute Gasteiger partial charge is 0.307 e. The summed E-state index contributed by atoms with van der Waals surface area (Å²) in [6.07, 6.45) is 0.989. The highest BCUT2D eigenvalue weighted by Crippen LogP contribution is 2.16. The van der Waals surface area contributed by atoms with Gasteiger partial charge in [0.25, 0.3) is 0 Å². The Balaban J connectivity index is 2.11. The molecule has 2 heterocycles. The zero-order chi connectivity index (χ0) is 13.1. The molecule has 4 nitrogen and oxygen atoms in total. The van der Waals surface area contributed by atoms with Crippen molar-refractivity contribution in [2.45, 2.75) is 33.2 Å². The van der Waals surface area contributed by atoms with Crippen LogP contribution in [-0.2, 0) is 24.2 Å². The fourth-order valence-corrected chi connectivity index (χ4v) is 2.73. The molecule has 0 aromatic carbocycles. The molecule has 0 atom stereocenters. The average molecular weight is 264 g/mol. The lowest BCUT2D eigenvalue weighted by atomic mass is 10.1. The van der Waals surface area contributed by atoms with E-state index in [4.69, 9.17) is 5.11 Å². The zero-order valence-corrected chi connectivity index (χ0v) is 11.3. The van der Waals surface area contributed by atoms with Crippen LogP contribution in [0.5, 0.6) is 0 Å². The van der Waals surface area contributed by atoms with Crippen molar-refractivity contribution in [1.29, 1.82) is 0 Å². The first-order valence-electron chi connectivity index (χ1n) is 5.85. The summed E-state index contributed by atoms with van der Waals surface area (Å²) in [6.45, 7) is 4.60. The molecule has 2 aromatic heterocycles. The van der Waals surface area contributed by atoms with Crippen molar-refractivity contribution in [2.24, 2.45) is 0 Å². The summed E-state index contributed by atoms with van der Waals surface area (Å²) >= 11 is 1.73. The third-order valence-electron chi connectivity index (χ3n) is 3.01. The van der Waals surface area contributed by atoms with Crippen molar-refractivity contribution >= 4 is 17.3 Å². The molecule has 18 heavy (non-hydrogen) atoms. The van der Waals surface area contributed by atoms with Crippen LogP contribution in [-0.4, -0.2) is 20.9 Å². The van der Waals surface area contributed by atoms with E-state index in [2.05, 4.69) is 16.5 Å². The van der Waals surface area contributed by atoms with Crippen LogP contribution in [0.2, 0.25) is 0 Å². The summed E-state index contributed by atoms with van der Waals surface area (Å²) in [7, 11) is 0. The van der Waals surface area contributed by atoms with Crippen LogP contribution in [0.15, 0.2) is 17.5 Å². The number of carbonyl (C=O) groups is 1. The fraction of sp³-hybridized carbons (Fsp3) is 0.385. The van der Waals surface area contributed by atoms with E-state index in [-0.39, 0.29) is 6.42 Å². The molecule has 0 bridgehead atoms. The molecule has 0 spiro atoms. The van der Waals surface area contributed by atoms with Crippen LogP contribution in [0, 0.1) is 13.8 Å². The van der Waals surface area contributed by atoms with Crippen LogP contribution >= 0.6 is 11.3 Å². The van der Waals surface area contributed by atoms with Crippen molar-refractivity contribution in [3.8, 4) is 0 Å².